The minimum Gasteiger partial charge on any atom is -0.466 e. The molecule has 0 aliphatic carbocycles. The molecule has 2 N–H and O–H groups in total. The van der Waals surface area contributed by atoms with E-state index >= 15 is 0 Å². The summed E-state index contributed by atoms with van der Waals surface area (Å²) < 4.78 is 4.83. The normalized spacial score (nSPS) is 10.8. The van der Waals surface area contributed by atoms with E-state index in [0.29, 0.717) is 19.6 Å². The molecule has 0 heterocycles. The first-order chi connectivity index (χ1) is 8.76. The number of hydrogen-bond acceptors (Lipinski definition) is 3. The summed E-state index contributed by atoms with van der Waals surface area (Å²) >= 11 is 0. The topological polar surface area (TPSA) is 52.3 Å². The second-order valence-corrected chi connectivity index (χ2v) is 4.04. The number of carbonyl (C=O) groups excluding carboxylic acids is 1. The van der Waals surface area contributed by atoms with Crippen molar-refractivity contribution in [2.45, 2.75) is 26.2 Å². The molecule has 98 valence electrons. The van der Waals surface area contributed by atoms with Crippen molar-refractivity contribution in [1.29, 1.82) is 0 Å². The molecule has 0 fully saturated rings. The second kappa shape index (κ2) is 8.48. The molecule has 0 unspecified atom stereocenters. The highest BCUT2D eigenvalue weighted by Crippen LogP contribution is 2.06. The Morgan fingerprint density at radius 3 is 2.50 bits per heavy atom. The first kappa shape index (κ1) is 14.5. The molecule has 3 heteroatoms. The van der Waals surface area contributed by atoms with E-state index in [2.05, 4.69) is 24.3 Å². The molecule has 18 heavy (non-hydrogen) atoms. The zero-order valence-corrected chi connectivity index (χ0v) is 10.9. The molecule has 0 aliphatic rings. The fraction of sp³-hybridized carbons (Fsp3) is 0.400. The summed E-state index contributed by atoms with van der Waals surface area (Å²) in [5.41, 5.74) is 7.99. The first-order valence-corrected chi connectivity index (χ1v) is 6.34. The van der Waals surface area contributed by atoms with E-state index in [1.807, 2.05) is 19.1 Å². The van der Waals surface area contributed by atoms with E-state index in [4.69, 9.17) is 10.5 Å². The Labute approximate surface area is 109 Å². The summed E-state index contributed by atoms with van der Waals surface area (Å²) in [4.78, 5) is 11.1. The predicted octanol–water partition coefficient (Wildman–Crippen LogP) is 2.24. The zero-order chi connectivity index (χ0) is 13.2. The number of ether oxygens (including phenoxy) is 1. The fourth-order valence-corrected chi connectivity index (χ4v) is 1.63. The van der Waals surface area contributed by atoms with Crippen LogP contribution >= 0.6 is 0 Å². The number of hydrogen-bond donors (Lipinski definition) is 1. The van der Waals surface area contributed by atoms with E-state index < -0.39 is 0 Å². The third-order valence-corrected chi connectivity index (χ3v) is 2.57. The molecule has 1 aromatic carbocycles. The lowest BCUT2D eigenvalue weighted by atomic mass is 10.1. The Morgan fingerprint density at radius 1 is 1.22 bits per heavy atom. The van der Waals surface area contributed by atoms with Crippen LogP contribution < -0.4 is 5.73 Å². The number of rotatable bonds is 7. The molecule has 3 nitrogen and oxygen atoms in total. The van der Waals surface area contributed by atoms with Crippen LogP contribution in [0.25, 0.3) is 0 Å². The van der Waals surface area contributed by atoms with Gasteiger partial charge in [-0.25, -0.2) is 0 Å². The standard InChI is InChI=1S/C15H21NO2/c1-2-18-15(17)6-4-3-5-13-7-9-14(10-8-13)11-12-16/h3-4,7-10H,2,5-6,11-12,16H2,1H3. The summed E-state index contributed by atoms with van der Waals surface area (Å²) in [5.74, 6) is -0.174. The summed E-state index contributed by atoms with van der Waals surface area (Å²) in [6, 6.07) is 8.39. The Hall–Kier alpha value is -1.61. The van der Waals surface area contributed by atoms with E-state index in [1.54, 1.807) is 0 Å². The molecule has 0 radical (unpaired) electrons. The van der Waals surface area contributed by atoms with Crippen molar-refractivity contribution in [3.8, 4) is 0 Å². The van der Waals surface area contributed by atoms with Crippen LogP contribution in [0, 0.1) is 0 Å². The lowest BCUT2D eigenvalue weighted by molar-refractivity contribution is -0.142. The Bertz CT molecular complexity index is 382. The van der Waals surface area contributed by atoms with Gasteiger partial charge < -0.3 is 10.5 Å². The van der Waals surface area contributed by atoms with Gasteiger partial charge in [-0.3, -0.25) is 4.79 Å². The molecular formula is C15H21NO2. The molecule has 0 bridgehead atoms. The molecule has 0 aromatic heterocycles. The van der Waals surface area contributed by atoms with Crippen molar-refractivity contribution in [2.24, 2.45) is 5.73 Å². The first-order valence-electron chi connectivity index (χ1n) is 6.34. The number of benzene rings is 1. The quantitative estimate of drug-likeness (QED) is 0.594. The SMILES string of the molecule is CCOC(=O)CC=CCc1ccc(CCN)cc1. The van der Waals surface area contributed by atoms with Crippen molar-refractivity contribution in [1.82, 2.24) is 0 Å². The van der Waals surface area contributed by atoms with Gasteiger partial charge in [0, 0.05) is 0 Å². The highest BCUT2D eigenvalue weighted by atomic mass is 16.5. The molecule has 0 amide bonds. The van der Waals surface area contributed by atoms with Gasteiger partial charge >= 0.3 is 5.97 Å². The molecule has 0 spiro atoms. The van der Waals surface area contributed by atoms with Crippen LogP contribution in [-0.2, 0) is 22.4 Å². The molecule has 0 saturated heterocycles. The number of nitrogens with two attached hydrogens (primary N) is 1. The lowest BCUT2D eigenvalue weighted by Crippen LogP contribution is -2.02. The van der Waals surface area contributed by atoms with Gasteiger partial charge in [0.25, 0.3) is 0 Å². The second-order valence-electron chi connectivity index (χ2n) is 4.04. The number of carbonyl (C=O) groups is 1. The van der Waals surface area contributed by atoms with Gasteiger partial charge in [0.1, 0.15) is 0 Å². The minimum atomic E-state index is -0.174. The lowest BCUT2D eigenvalue weighted by Gasteiger charge is -2.01. The average molecular weight is 247 g/mol. The van der Waals surface area contributed by atoms with Crippen molar-refractivity contribution in [3.05, 3.63) is 47.5 Å². The van der Waals surface area contributed by atoms with Gasteiger partial charge in [-0.05, 0) is 37.4 Å². The summed E-state index contributed by atoms with van der Waals surface area (Å²) in [5, 5.41) is 0. The van der Waals surface area contributed by atoms with Crippen LogP contribution in [0.15, 0.2) is 36.4 Å². The molecule has 0 aliphatic heterocycles. The number of esters is 1. The van der Waals surface area contributed by atoms with Crippen LogP contribution in [0.5, 0.6) is 0 Å². The van der Waals surface area contributed by atoms with E-state index in [9.17, 15) is 4.79 Å². The monoisotopic (exact) mass is 247 g/mol. The third kappa shape index (κ3) is 5.64. The van der Waals surface area contributed by atoms with Crippen molar-refractivity contribution in [3.63, 3.8) is 0 Å². The van der Waals surface area contributed by atoms with Crippen molar-refractivity contribution >= 4 is 5.97 Å². The van der Waals surface area contributed by atoms with Crippen LogP contribution in [0.4, 0.5) is 0 Å². The van der Waals surface area contributed by atoms with Gasteiger partial charge in [-0.15, -0.1) is 0 Å². The fourth-order valence-electron chi connectivity index (χ4n) is 1.63. The Balaban J connectivity index is 2.34. The zero-order valence-electron chi connectivity index (χ0n) is 10.9. The largest absolute Gasteiger partial charge is 0.466 e. The van der Waals surface area contributed by atoms with Gasteiger partial charge in [-0.1, -0.05) is 36.4 Å². The third-order valence-electron chi connectivity index (χ3n) is 2.57. The molecule has 1 aromatic rings. The van der Waals surface area contributed by atoms with Crippen molar-refractivity contribution in [2.75, 3.05) is 13.2 Å². The van der Waals surface area contributed by atoms with Crippen LogP contribution in [0.2, 0.25) is 0 Å². The van der Waals surface area contributed by atoms with Gasteiger partial charge in [0.2, 0.25) is 0 Å². The highest BCUT2D eigenvalue weighted by molar-refractivity contribution is 5.71. The van der Waals surface area contributed by atoms with Crippen molar-refractivity contribution < 1.29 is 9.53 Å². The van der Waals surface area contributed by atoms with E-state index in [-0.39, 0.29) is 5.97 Å². The minimum absolute atomic E-state index is 0.174. The maximum absolute atomic E-state index is 11.1. The van der Waals surface area contributed by atoms with Gasteiger partial charge in [0.15, 0.2) is 0 Å². The van der Waals surface area contributed by atoms with Crippen LogP contribution in [0.3, 0.4) is 0 Å². The summed E-state index contributed by atoms with van der Waals surface area (Å²) in [6.07, 6.45) is 5.95. The summed E-state index contributed by atoms with van der Waals surface area (Å²) in [7, 11) is 0. The van der Waals surface area contributed by atoms with Gasteiger partial charge in [0.05, 0.1) is 13.0 Å². The molecular weight excluding hydrogens is 226 g/mol. The van der Waals surface area contributed by atoms with E-state index in [0.717, 1.165) is 12.8 Å². The van der Waals surface area contributed by atoms with Gasteiger partial charge in [-0.2, -0.15) is 0 Å². The maximum atomic E-state index is 11.1. The van der Waals surface area contributed by atoms with Crippen LogP contribution in [0.1, 0.15) is 24.5 Å². The molecule has 0 atom stereocenters. The Kier molecular flexibility index (Phi) is 6.81. The van der Waals surface area contributed by atoms with E-state index in [1.165, 1.54) is 11.1 Å². The molecule has 1 rings (SSSR count). The average Bonchev–Trinajstić information content (AvgIpc) is 2.37. The smallest absolute Gasteiger partial charge is 0.309 e. The van der Waals surface area contributed by atoms with Crippen LogP contribution in [-0.4, -0.2) is 19.1 Å². The maximum Gasteiger partial charge on any atom is 0.309 e. The Morgan fingerprint density at radius 2 is 1.89 bits per heavy atom. The summed E-state index contributed by atoms with van der Waals surface area (Å²) in [6.45, 7) is 2.93. The number of allylic oxidation sites excluding steroid dienone is 1. The highest BCUT2D eigenvalue weighted by Gasteiger charge is 1.96. The molecule has 0 saturated carbocycles. The predicted molar refractivity (Wildman–Crippen MR) is 73.3 cm³/mol.